The summed E-state index contributed by atoms with van der Waals surface area (Å²) in [6.07, 6.45) is -21.9. The second-order valence-corrected chi connectivity index (χ2v) is 29.2. The van der Waals surface area contributed by atoms with Gasteiger partial charge in [0.05, 0.1) is 40.9 Å². The van der Waals surface area contributed by atoms with Crippen molar-refractivity contribution in [1.82, 2.24) is 0 Å². The summed E-state index contributed by atoms with van der Waals surface area (Å²) in [7, 11) is 0. The summed E-state index contributed by atoms with van der Waals surface area (Å²) in [4.78, 5) is 0. The molecule has 0 amide bonds. The Bertz CT molecular complexity index is 1990. The minimum Gasteiger partial charge on any atom is -0.247 e. The van der Waals surface area contributed by atoms with E-state index in [-0.39, 0.29) is 55.8 Å². The lowest BCUT2D eigenvalue weighted by Gasteiger charge is -2.35. The molecule has 7 rings (SSSR count). The van der Waals surface area contributed by atoms with Crippen molar-refractivity contribution in [2.24, 2.45) is 124 Å². The molecule has 0 bridgehead atoms. The molecular formula is C64H102F28. The highest BCUT2D eigenvalue weighted by Gasteiger charge is 2.88. The number of halogens is 28. The smallest absolute Gasteiger partial charge is 0.247 e. The molecule has 28 heteroatoms. The largest absolute Gasteiger partial charge is 0.393 e. The van der Waals surface area contributed by atoms with Crippen molar-refractivity contribution in [3.63, 3.8) is 0 Å². The summed E-state index contributed by atoms with van der Waals surface area (Å²) in [5.74, 6) is -26.4. The Balaban J connectivity index is 0.00000104. The molecule has 0 aromatic carbocycles. The van der Waals surface area contributed by atoms with Gasteiger partial charge in [-0.3, -0.25) is 0 Å². The summed E-state index contributed by atoms with van der Waals surface area (Å²) >= 11 is 0. The normalized spacial score (nSPS) is 40.1. The van der Waals surface area contributed by atoms with Crippen molar-refractivity contribution in [3.05, 3.63) is 0 Å². The molecular weight excluding hydrogens is 1300 g/mol. The SMILES string of the molecule is CC1C(C(F)(F)F)C(C)[C@@H](C)C1C(F)(F)F.CC1C(F)C(F)[C@@H](C)C1F.CC1CC(C(F)(F)F)C[C@@H](C)C1.CC1CCC(C)C1C.CC1CCCC(C(F)(F)F)[C@@H]1C.CC1C[C@H](C)CC1C(F)(F)F.CCC(C)(C)C(F)(F)F.C[C@H]1C(F)(F)C(C)(F)C(F)(F)C1(F)F. The third-order valence-corrected chi connectivity index (χ3v) is 21.7. The van der Waals surface area contributed by atoms with Crippen LogP contribution in [-0.2, 0) is 0 Å². The molecule has 0 heterocycles. The van der Waals surface area contributed by atoms with E-state index in [0.717, 1.165) is 50.4 Å². The molecule has 7 fully saturated rings. The molecule has 554 valence electrons. The van der Waals surface area contributed by atoms with Crippen LogP contribution in [-0.4, -0.2) is 79.0 Å². The van der Waals surface area contributed by atoms with Crippen LogP contribution in [0.15, 0.2) is 0 Å². The maximum absolute atomic E-state index is 12.9. The van der Waals surface area contributed by atoms with Gasteiger partial charge >= 0.3 is 48.9 Å². The second kappa shape index (κ2) is 33.3. The van der Waals surface area contributed by atoms with Crippen LogP contribution in [0, 0.1) is 124 Å². The van der Waals surface area contributed by atoms with E-state index in [2.05, 4.69) is 20.8 Å². The Hall–Kier alpha value is -1.96. The van der Waals surface area contributed by atoms with Crippen LogP contribution in [0.25, 0.3) is 0 Å². The second-order valence-electron chi connectivity index (χ2n) is 29.2. The van der Waals surface area contributed by atoms with Crippen LogP contribution >= 0.6 is 0 Å². The summed E-state index contributed by atoms with van der Waals surface area (Å²) in [5.41, 5.74) is -6.05. The van der Waals surface area contributed by atoms with E-state index < -0.39 is 150 Å². The van der Waals surface area contributed by atoms with Crippen LogP contribution in [0.4, 0.5) is 123 Å². The molecule has 23 atom stereocenters. The molecule has 0 aromatic heterocycles. The van der Waals surface area contributed by atoms with E-state index in [9.17, 15) is 123 Å². The molecule has 7 aliphatic rings. The standard InChI is InChI=1S/C10H14F6.2C9H15F3.C8H13F3.C8H16.C7H7F7.C7H11F3.C6H11F3/c1-4-5(2)8(10(14,15)16)6(3)7(4)9(11,12)13;1-6-3-7(2)5-8(4-6)9(10,11)12;1-6-4-3-5-8(7(6)2)9(10,11)12;1-5-3-6(2)7(4-5)8(9,10)11;1-6-4-5-7(2)8(6)3;1-3-5(9,10)4(2,8)7(13,14)6(3,11)12;1-3-5(8)4(2)7(10)6(3)9;1-4-5(2,3)6(7,8)9/h4-8H,1-3H3;2*6-8H,3-5H2,1-2H3;5-7H,3-4H2,1-2H3;6-8H,4-5H2,1-3H3;3H,1-2H3;3-7H,1-2H3;4H2,1-3H3/t4-,5?,6?,7?,8?;6-,7?,8?;6?,7-,8?;5-,6?,7?;;3-,4?;3-,4?,5?,6?,7?;/m1010.00./s1. The number of hydrogen-bond donors (Lipinski definition) is 0. The van der Waals surface area contributed by atoms with Gasteiger partial charge in [0.25, 0.3) is 5.92 Å². The molecule has 0 N–H and O–H groups in total. The molecule has 0 radical (unpaired) electrons. The highest BCUT2D eigenvalue weighted by molar-refractivity contribution is 5.19. The topological polar surface area (TPSA) is 0 Å². The van der Waals surface area contributed by atoms with Gasteiger partial charge in [-0.15, -0.1) is 0 Å². The Morgan fingerprint density at radius 1 is 0.348 bits per heavy atom. The minimum atomic E-state index is -5.36. The van der Waals surface area contributed by atoms with Gasteiger partial charge in [-0.1, -0.05) is 150 Å². The molecule has 92 heavy (non-hydrogen) atoms. The summed E-state index contributed by atoms with van der Waals surface area (Å²) in [5, 5.41) is 0. The highest BCUT2D eigenvalue weighted by atomic mass is 19.4. The van der Waals surface area contributed by atoms with Crippen molar-refractivity contribution >= 4 is 0 Å². The average molecular weight is 1400 g/mol. The van der Waals surface area contributed by atoms with Crippen LogP contribution in [0.5, 0.6) is 0 Å². The fourth-order valence-electron chi connectivity index (χ4n) is 14.0. The van der Waals surface area contributed by atoms with Crippen molar-refractivity contribution in [1.29, 1.82) is 0 Å². The summed E-state index contributed by atoms with van der Waals surface area (Å²) in [6.45, 7) is 28.5. The van der Waals surface area contributed by atoms with E-state index in [1.165, 1.54) is 61.3 Å². The minimum absolute atomic E-state index is 0.135. The Morgan fingerprint density at radius 3 is 0.880 bits per heavy atom. The zero-order valence-electron chi connectivity index (χ0n) is 56.1. The van der Waals surface area contributed by atoms with Crippen LogP contribution in [0.3, 0.4) is 0 Å². The maximum atomic E-state index is 12.9. The first-order chi connectivity index (χ1) is 40.7. The highest BCUT2D eigenvalue weighted by Crippen LogP contribution is 2.65. The van der Waals surface area contributed by atoms with Gasteiger partial charge in [0.2, 0.25) is 5.67 Å². The molecule has 0 nitrogen and oxygen atoms in total. The van der Waals surface area contributed by atoms with Gasteiger partial charge in [-0.05, 0) is 123 Å². The molecule has 0 aromatic rings. The van der Waals surface area contributed by atoms with Gasteiger partial charge in [-0.2, -0.15) is 96.6 Å². The quantitative estimate of drug-likeness (QED) is 0.230. The van der Waals surface area contributed by atoms with Gasteiger partial charge in [0.1, 0.15) is 18.5 Å². The zero-order chi connectivity index (χ0) is 73.6. The van der Waals surface area contributed by atoms with Crippen molar-refractivity contribution < 1.29 is 123 Å². The molecule has 0 aliphatic heterocycles. The van der Waals surface area contributed by atoms with E-state index in [0.29, 0.717) is 25.7 Å². The molecule has 0 saturated heterocycles. The molecule has 7 aliphatic carbocycles. The summed E-state index contributed by atoms with van der Waals surface area (Å²) in [6, 6.07) is 0. The van der Waals surface area contributed by atoms with Crippen molar-refractivity contribution in [2.45, 2.75) is 281 Å². The Morgan fingerprint density at radius 2 is 0.707 bits per heavy atom. The molecule has 7 saturated carbocycles. The van der Waals surface area contributed by atoms with Crippen LogP contribution in [0.1, 0.15) is 202 Å². The number of hydrogen-bond acceptors (Lipinski definition) is 0. The lowest BCUT2D eigenvalue weighted by molar-refractivity contribution is -0.248. The van der Waals surface area contributed by atoms with E-state index >= 15 is 0 Å². The van der Waals surface area contributed by atoms with Gasteiger partial charge in [0, 0.05) is 11.8 Å². The van der Waals surface area contributed by atoms with Gasteiger partial charge < -0.3 is 0 Å². The average Bonchev–Trinajstić information content (AvgIpc) is 1.54. The van der Waals surface area contributed by atoms with Crippen LogP contribution in [0.2, 0.25) is 0 Å². The van der Waals surface area contributed by atoms with E-state index in [4.69, 9.17) is 0 Å². The molecule has 0 spiro atoms. The Kier molecular flexibility index (Phi) is 32.6. The zero-order valence-corrected chi connectivity index (χ0v) is 56.1. The van der Waals surface area contributed by atoms with E-state index in [1.54, 1.807) is 13.8 Å². The lowest BCUT2D eigenvalue weighted by atomic mass is 9.73. The van der Waals surface area contributed by atoms with Crippen LogP contribution < -0.4 is 0 Å². The van der Waals surface area contributed by atoms with Crippen molar-refractivity contribution in [3.8, 4) is 0 Å². The predicted molar refractivity (Wildman–Crippen MR) is 301 cm³/mol. The Labute approximate surface area is 526 Å². The summed E-state index contributed by atoms with van der Waals surface area (Å²) < 4.78 is 349. The van der Waals surface area contributed by atoms with Gasteiger partial charge in [0.15, 0.2) is 0 Å². The first-order valence-corrected chi connectivity index (χ1v) is 31.8. The predicted octanol–water partition coefficient (Wildman–Crippen LogP) is 26.0. The molecule has 17 unspecified atom stereocenters. The van der Waals surface area contributed by atoms with Crippen molar-refractivity contribution in [2.75, 3.05) is 0 Å². The fourth-order valence-corrected chi connectivity index (χ4v) is 14.0. The fraction of sp³-hybridized carbons (Fsp3) is 1.00. The lowest BCUT2D eigenvalue weighted by Crippen LogP contribution is -2.52. The first kappa shape index (κ1) is 90.0. The maximum Gasteiger partial charge on any atom is 0.393 e. The first-order valence-electron chi connectivity index (χ1n) is 31.8. The number of rotatable bonds is 1. The van der Waals surface area contributed by atoms with E-state index in [1.807, 2.05) is 27.7 Å². The van der Waals surface area contributed by atoms with Gasteiger partial charge in [-0.25, -0.2) is 26.3 Å². The third kappa shape index (κ3) is 23.1. The third-order valence-electron chi connectivity index (χ3n) is 21.7. The number of alkyl halides is 28. The monoisotopic (exact) mass is 1400 g/mol.